The van der Waals surface area contributed by atoms with Gasteiger partial charge in [0.15, 0.2) is 0 Å². The summed E-state index contributed by atoms with van der Waals surface area (Å²) in [4.78, 5) is 17.3. The Morgan fingerprint density at radius 3 is 2.40 bits per heavy atom. The summed E-state index contributed by atoms with van der Waals surface area (Å²) >= 11 is 0. The van der Waals surface area contributed by atoms with Gasteiger partial charge in [-0.3, -0.25) is 4.79 Å². The summed E-state index contributed by atoms with van der Waals surface area (Å²) in [5, 5.41) is 0. The fourth-order valence-corrected chi connectivity index (χ4v) is 3.53. The zero-order valence-corrected chi connectivity index (χ0v) is 13.6. The van der Waals surface area contributed by atoms with E-state index >= 15 is 0 Å². The van der Waals surface area contributed by atoms with Crippen molar-refractivity contribution in [1.29, 1.82) is 0 Å². The third-order valence-corrected chi connectivity index (χ3v) is 5.00. The lowest BCUT2D eigenvalue weighted by Gasteiger charge is -2.38. The molecule has 0 spiro atoms. The second kappa shape index (κ2) is 7.44. The maximum atomic E-state index is 12.5. The number of likely N-dealkylation sites (tertiary alicyclic amines) is 2. The van der Waals surface area contributed by atoms with Gasteiger partial charge < -0.3 is 9.80 Å². The highest BCUT2D eigenvalue weighted by atomic mass is 16.2. The van der Waals surface area contributed by atoms with Crippen LogP contribution in [0, 0.1) is 11.8 Å². The number of amides is 1. The molecule has 3 heteroatoms. The first-order valence-electron chi connectivity index (χ1n) is 8.60. The van der Waals surface area contributed by atoms with E-state index < -0.39 is 0 Å². The van der Waals surface area contributed by atoms with E-state index in [1.165, 1.54) is 51.6 Å². The Bertz CT molecular complexity index is 308. The SMILES string of the molecule is CC1CCN(CC2CCCCCN2C(=O)C(C)C)CC1. The van der Waals surface area contributed by atoms with Gasteiger partial charge in [0.2, 0.25) is 5.91 Å². The molecule has 0 bridgehead atoms. The minimum Gasteiger partial charge on any atom is -0.338 e. The first kappa shape index (κ1) is 15.8. The van der Waals surface area contributed by atoms with Crippen LogP contribution in [0.5, 0.6) is 0 Å². The largest absolute Gasteiger partial charge is 0.338 e. The average Bonchev–Trinajstić information content (AvgIpc) is 2.66. The molecule has 2 rings (SSSR count). The minimum absolute atomic E-state index is 0.136. The Hall–Kier alpha value is -0.570. The van der Waals surface area contributed by atoms with Crippen LogP contribution in [0.3, 0.4) is 0 Å². The van der Waals surface area contributed by atoms with Crippen LogP contribution >= 0.6 is 0 Å². The van der Waals surface area contributed by atoms with Gasteiger partial charge in [-0.2, -0.15) is 0 Å². The third-order valence-electron chi connectivity index (χ3n) is 5.00. The zero-order chi connectivity index (χ0) is 14.5. The molecule has 20 heavy (non-hydrogen) atoms. The second-order valence-electron chi connectivity index (χ2n) is 7.17. The van der Waals surface area contributed by atoms with Gasteiger partial charge in [-0.05, 0) is 44.7 Å². The summed E-state index contributed by atoms with van der Waals surface area (Å²) in [5.41, 5.74) is 0. The predicted octanol–water partition coefficient (Wildman–Crippen LogP) is 3.15. The number of nitrogens with zero attached hydrogens (tertiary/aromatic N) is 2. The molecule has 0 aromatic carbocycles. The standard InChI is InChI=1S/C17H32N2O/c1-14(2)17(20)19-10-6-4-5-7-16(19)13-18-11-8-15(3)9-12-18/h14-16H,4-13H2,1-3H3. The molecule has 0 N–H and O–H groups in total. The van der Waals surface area contributed by atoms with E-state index in [2.05, 4.69) is 16.7 Å². The number of piperidine rings is 1. The van der Waals surface area contributed by atoms with Crippen LogP contribution in [0.2, 0.25) is 0 Å². The highest BCUT2D eigenvalue weighted by molar-refractivity contribution is 5.78. The molecule has 1 unspecified atom stereocenters. The number of carbonyl (C=O) groups excluding carboxylic acids is 1. The van der Waals surface area contributed by atoms with Crippen molar-refractivity contribution in [2.24, 2.45) is 11.8 Å². The topological polar surface area (TPSA) is 23.6 Å². The first-order chi connectivity index (χ1) is 9.58. The van der Waals surface area contributed by atoms with Crippen LogP contribution in [0.15, 0.2) is 0 Å². The summed E-state index contributed by atoms with van der Waals surface area (Å²) in [7, 11) is 0. The van der Waals surface area contributed by atoms with Crippen molar-refractivity contribution in [2.45, 2.75) is 65.3 Å². The third kappa shape index (κ3) is 4.21. The maximum absolute atomic E-state index is 12.5. The predicted molar refractivity (Wildman–Crippen MR) is 83.6 cm³/mol. The van der Waals surface area contributed by atoms with Crippen molar-refractivity contribution < 1.29 is 4.79 Å². The van der Waals surface area contributed by atoms with Crippen molar-refractivity contribution in [2.75, 3.05) is 26.2 Å². The Kier molecular flexibility index (Phi) is 5.88. The summed E-state index contributed by atoms with van der Waals surface area (Å²) in [6.45, 7) is 11.0. The van der Waals surface area contributed by atoms with E-state index in [-0.39, 0.29) is 5.92 Å². The molecule has 3 nitrogen and oxygen atoms in total. The highest BCUT2D eigenvalue weighted by Gasteiger charge is 2.29. The zero-order valence-electron chi connectivity index (χ0n) is 13.6. The molecule has 0 aromatic rings. The van der Waals surface area contributed by atoms with E-state index in [1.807, 2.05) is 13.8 Å². The molecule has 2 heterocycles. The molecule has 2 saturated heterocycles. The normalized spacial score (nSPS) is 26.8. The number of hydrogen-bond acceptors (Lipinski definition) is 2. The molecule has 116 valence electrons. The fraction of sp³-hybridized carbons (Fsp3) is 0.941. The van der Waals surface area contributed by atoms with Crippen LogP contribution < -0.4 is 0 Å². The number of hydrogen-bond donors (Lipinski definition) is 0. The lowest BCUT2D eigenvalue weighted by Crippen LogP contribution is -2.49. The molecule has 2 fully saturated rings. The van der Waals surface area contributed by atoms with Crippen LogP contribution in [0.4, 0.5) is 0 Å². The molecule has 1 atom stereocenters. The summed E-state index contributed by atoms with van der Waals surface area (Å²) < 4.78 is 0. The lowest BCUT2D eigenvalue weighted by molar-refractivity contribution is -0.137. The first-order valence-corrected chi connectivity index (χ1v) is 8.60. The molecule has 2 aliphatic heterocycles. The molecule has 0 saturated carbocycles. The quantitative estimate of drug-likeness (QED) is 0.793. The van der Waals surface area contributed by atoms with E-state index in [0.717, 1.165) is 19.0 Å². The van der Waals surface area contributed by atoms with Crippen LogP contribution in [-0.4, -0.2) is 47.9 Å². The molecule has 0 aromatic heterocycles. The monoisotopic (exact) mass is 280 g/mol. The Morgan fingerprint density at radius 1 is 1.05 bits per heavy atom. The van der Waals surface area contributed by atoms with Gasteiger partial charge in [-0.1, -0.05) is 33.6 Å². The second-order valence-corrected chi connectivity index (χ2v) is 7.17. The number of rotatable bonds is 3. The summed E-state index contributed by atoms with van der Waals surface area (Å²) in [5.74, 6) is 1.38. The van der Waals surface area contributed by atoms with Gasteiger partial charge >= 0.3 is 0 Å². The van der Waals surface area contributed by atoms with Crippen molar-refractivity contribution in [3.8, 4) is 0 Å². The average molecular weight is 280 g/mol. The molecular formula is C17H32N2O. The van der Waals surface area contributed by atoms with E-state index in [9.17, 15) is 4.79 Å². The van der Waals surface area contributed by atoms with Crippen molar-refractivity contribution in [3.63, 3.8) is 0 Å². The van der Waals surface area contributed by atoms with Gasteiger partial charge in [-0.25, -0.2) is 0 Å². The van der Waals surface area contributed by atoms with Crippen molar-refractivity contribution >= 4 is 5.91 Å². The smallest absolute Gasteiger partial charge is 0.225 e. The molecule has 0 radical (unpaired) electrons. The van der Waals surface area contributed by atoms with Gasteiger partial charge in [0, 0.05) is 25.0 Å². The van der Waals surface area contributed by atoms with Gasteiger partial charge in [0.1, 0.15) is 0 Å². The van der Waals surface area contributed by atoms with Crippen molar-refractivity contribution in [3.05, 3.63) is 0 Å². The molecule has 1 amide bonds. The maximum Gasteiger partial charge on any atom is 0.225 e. The molecule has 2 aliphatic rings. The van der Waals surface area contributed by atoms with Crippen LogP contribution in [0.1, 0.15) is 59.3 Å². The van der Waals surface area contributed by atoms with Gasteiger partial charge in [0.05, 0.1) is 0 Å². The summed E-state index contributed by atoms with van der Waals surface area (Å²) in [6, 6.07) is 0.459. The van der Waals surface area contributed by atoms with Crippen molar-refractivity contribution in [1.82, 2.24) is 9.80 Å². The van der Waals surface area contributed by atoms with E-state index in [1.54, 1.807) is 0 Å². The Labute approximate surface area is 124 Å². The Morgan fingerprint density at radius 2 is 1.75 bits per heavy atom. The van der Waals surface area contributed by atoms with Gasteiger partial charge in [0.25, 0.3) is 0 Å². The van der Waals surface area contributed by atoms with E-state index in [4.69, 9.17) is 0 Å². The molecular weight excluding hydrogens is 248 g/mol. The molecule has 0 aliphatic carbocycles. The lowest BCUT2D eigenvalue weighted by atomic mass is 9.98. The van der Waals surface area contributed by atoms with Crippen LogP contribution in [0.25, 0.3) is 0 Å². The summed E-state index contributed by atoms with van der Waals surface area (Å²) in [6.07, 6.45) is 7.61. The fourth-order valence-electron chi connectivity index (χ4n) is 3.53. The van der Waals surface area contributed by atoms with E-state index in [0.29, 0.717) is 11.9 Å². The van der Waals surface area contributed by atoms with Crippen LogP contribution in [-0.2, 0) is 4.79 Å². The Balaban J connectivity index is 1.95. The van der Waals surface area contributed by atoms with Gasteiger partial charge in [-0.15, -0.1) is 0 Å². The number of carbonyl (C=O) groups is 1. The highest BCUT2D eigenvalue weighted by Crippen LogP contribution is 2.22. The minimum atomic E-state index is 0.136.